The maximum atomic E-state index is 2.44. The Morgan fingerprint density at radius 1 is 0.514 bits per heavy atom. The summed E-state index contributed by atoms with van der Waals surface area (Å²) in [6.45, 7) is 0. The Morgan fingerprint density at radius 3 is 1.35 bits per heavy atom. The summed E-state index contributed by atoms with van der Waals surface area (Å²) in [4.78, 5) is 0. The summed E-state index contributed by atoms with van der Waals surface area (Å²) in [5.74, 6) is 0. The van der Waals surface area contributed by atoms with E-state index in [-0.39, 0.29) is 24.8 Å². The fourth-order valence-electron chi connectivity index (χ4n) is 6.83. The number of aromatic nitrogens is 2. The first-order chi connectivity index (χ1) is 17.2. The molecule has 4 aromatic carbocycles. The molecule has 0 bridgehead atoms. The Hall–Kier alpha value is -2.59. The molecule has 2 aliphatic carbocycles. The van der Waals surface area contributed by atoms with E-state index in [1.807, 2.05) is 0 Å². The first-order valence-electron chi connectivity index (χ1n) is 12.3. The zero-order valence-corrected chi connectivity index (χ0v) is 25.6. The van der Waals surface area contributed by atoms with Crippen molar-refractivity contribution >= 4 is 21.8 Å². The van der Waals surface area contributed by atoms with Crippen LogP contribution >= 0.6 is 0 Å². The van der Waals surface area contributed by atoms with Crippen LogP contribution in [0, 0.1) is 0 Å². The van der Waals surface area contributed by atoms with Crippen molar-refractivity contribution in [3.63, 3.8) is 0 Å². The summed E-state index contributed by atoms with van der Waals surface area (Å²) in [6, 6.07) is 36.5. The first kappa shape index (κ1) is 24.7. The summed E-state index contributed by atoms with van der Waals surface area (Å²) in [7, 11) is 4.50. The van der Waals surface area contributed by atoms with Crippen molar-refractivity contribution < 1.29 is 47.7 Å². The van der Waals surface area contributed by atoms with Crippen molar-refractivity contribution in [3.8, 4) is 22.5 Å². The normalized spacial score (nSPS) is 16.4. The van der Waals surface area contributed by atoms with Gasteiger partial charge in [0.2, 0.25) is 0 Å². The molecule has 2 aliphatic rings. The second-order valence-corrected chi connectivity index (χ2v) is 15.2. The monoisotopic (exact) mass is 686 g/mol. The van der Waals surface area contributed by atoms with Crippen molar-refractivity contribution in [2.75, 3.05) is 0 Å². The van der Waals surface area contributed by atoms with Gasteiger partial charge in [0.15, 0.2) is 0 Å². The standard InChI is InChI=1S/2C16H12N.2ClH.Hf/c2*1-17-15-9-5-4-8-13(15)14-10-11-6-2-3-7-12(11)16(14)17;;;/h2*2-10H,1H3;2*1H;/q;;;;+2/p-2. The number of para-hydroxylation sites is 2. The van der Waals surface area contributed by atoms with Crippen LogP contribution in [0.3, 0.4) is 0 Å². The summed E-state index contributed by atoms with van der Waals surface area (Å²) in [6.07, 6.45) is 0. The Morgan fingerprint density at radius 2 is 0.892 bits per heavy atom. The minimum Gasteiger partial charge on any atom is -1.00 e. The van der Waals surface area contributed by atoms with Crippen molar-refractivity contribution in [1.82, 2.24) is 9.13 Å². The quantitative estimate of drug-likeness (QED) is 0.246. The SMILES string of the molecule is Cn1c2c(c3ccccc31)[CH]([Hf+2][CH]1c3ccccc3-c3c1c1ccccc1n3C)c1ccccc1-2.[Cl-].[Cl-]. The number of aryl methyl sites for hydroxylation is 2. The van der Waals surface area contributed by atoms with Crippen LogP contribution in [0.25, 0.3) is 44.3 Å². The average Bonchev–Trinajstić information content (AvgIpc) is 3.59. The molecule has 0 aliphatic heterocycles. The van der Waals surface area contributed by atoms with Crippen LogP contribution in [0.15, 0.2) is 97.1 Å². The van der Waals surface area contributed by atoms with E-state index >= 15 is 0 Å². The third kappa shape index (κ3) is 3.21. The summed E-state index contributed by atoms with van der Waals surface area (Å²) in [5, 5.41) is 2.89. The molecule has 180 valence electrons. The molecule has 5 heteroatoms. The van der Waals surface area contributed by atoms with E-state index in [0.717, 1.165) is 0 Å². The molecule has 2 atom stereocenters. The van der Waals surface area contributed by atoms with Gasteiger partial charge < -0.3 is 24.8 Å². The van der Waals surface area contributed by atoms with Gasteiger partial charge in [0.05, 0.1) is 0 Å². The van der Waals surface area contributed by atoms with Crippen molar-refractivity contribution in [1.29, 1.82) is 0 Å². The van der Waals surface area contributed by atoms with E-state index in [0.29, 0.717) is 7.35 Å². The molecule has 8 rings (SSSR count). The number of hydrogen-bond donors (Lipinski definition) is 0. The number of halogens is 2. The van der Waals surface area contributed by atoms with E-state index < -0.39 is 22.9 Å². The number of hydrogen-bond acceptors (Lipinski definition) is 0. The summed E-state index contributed by atoms with van der Waals surface area (Å²) >= 11 is -1.34. The van der Waals surface area contributed by atoms with Crippen LogP contribution in [-0.4, -0.2) is 9.13 Å². The van der Waals surface area contributed by atoms with Crippen LogP contribution in [-0.2, 0) is 37.0 Å². The van der Waals surface area contributed by atoms with Gasteiger partial charge in [-0.15, -0.1) is 0 Å². The second kappa shape index (κ2) is 9.01. The van der Waals surface area contributed by atoms with Crippen LogP contribution in [0.1, 0.15) is 29.6 Å². The third-order valence-corrected chi connectivity index (χ3v) is 15.0. The molecule has 0 saturated carbocycles. The van der Waals surface area contributed by atoms with Gasteiger partial charge in [0, 0.05) is 0 Å². The van der Waals surface area contributed by atoms with Crippen molar-refractivity contribution in [2.45, 2.75) is 7.35 Å². The van der Waals surface area contributed by atoms with E-state index in [4.69, 9.17) is 0 Å². The molecule has 0 radical (unpaired) electrons. The first-order valence-corrected chi connectivity index (χ1v) is 16.5. The van der Waals surface area contributed by atoms with E-state index in [1.54, 1.807) is 22.3 Å². The largest absolute Gasteiger partial charge is 1.00 e. The van der Waals surface area contributed by atoms with Gasteiger partial charge in [-0.25, -0.2) is 0 Å². The number of fused-ring (bicyclic) bond motifs is 10. The van der Waals surface area contributed by atoms with Crippen LogP contribution in [0.4, 0.5) is 0 Å². The maximum absolute atomic E-state index is 2.44. The predicted octanol–water partition coefficient (Wildman–Crippen LogP) is 1.60. The van der Waals surface area contributed by atoms with Gasteiger partial charge in [-0.1, -0.05) is 0 Å². The molecule has 0 fully saturated rings. The van der Waals surface area contributed by atoms with Gasteiger partial charge >= 0.3 is 217 Å². The summed E-state index contributed by atoms with van der Waals surface area (Å²) < 4.78 is 6.02. The van der Waals surface area contributed by atoms with Crippen LogP contribution in [0.2, 0.25) is 0 Å². The fraction of sp³-hybridized carbons (Fsp3) is 0.125. The molecular formula is C32H24Cl2HfN2. The minimum absolute atomic E-state index is 0. The van der Waals surface area contributed by atoms with Crippen molar-refractivity contribution in [2.24, 2.45) is 14.1 Å². The molecule has 2 heterocycles. The zero-order chi connectivity index (χ0) is 23.3. The number of benzene rings is 4. The van der Waals surface area contributed by atoms with E-state index in [9.17, 15) is 0 Å². The molecule has 2 nitrogen and oxygen atoms in total. The molecule has 0 amide bonds. The van der Waals surface area contributed by atoms with Gasteiger partial charge in [-0.2, -0.15) is 0 Å². The smallest absolute Gasteiger partial charge is 1.00 e. The molecule has 2 unspecified atom stereocenters. The molecule has 0 N–H and O–H groups in total. The van der Waals surface area contributed by atoms with Gasteiger partial charge in [-0.3, -0.25) is 0 Å². The van der Waals surface area contributed by atoms with Gasteiger partial charge in [0.1, 0.15) is 0 Å². The molecule has 37 heavy (non-hydrogen) atoms. The van der Waals surface area contributed by atoms with E-state index in [1.165, 1.54) is 44.3 Å². The van der Waals surface area contributed by atoms with Gasteiger partial charge in [-0.05, 0) is 0 Å². The molecular weight excluding hydrogens is 662 g/mol. The Bertz CT molecular complexity index is 1700. The topological polar surface area (TPSA) is 9.86 Å². The molecule has 6 aromatic rings. The predicted molar refractivity (Wildman–Crippen MR) is 140 cm³/mol. The minimum atomic E-state index is -1.34. The Kier molecular flexibility index (Phi) is 6.02. The maximum Gasteiger partial charge on any atom is -1.00 e. The van der Waals surface area contributed by atoms with Gasteiger partial charge in [0.25, 0.3) is 0 Å². The third-order valence-electron chi connectivity index (χ3n) is 8.26. The Labute approximate surface area is 240 Å². The number of rotatable bonds is 2. The summed E-state index contributed by atoms with van der Waals surface area (Å²) in [5.41, 5.74) is 14.8. The van der Waals surface area contributed by atoms with Crippen LogP contribution < -0.4 is 24.8 Å². The fourth-order valence-corrected chi connectivity index (χ4v) is 14.4. The molecule has 0 spiro atoms. The second-order valence-electron chi connectivity index (χ2n) is 9.88. The molecule has 2 aromatic heterocycles. The zero-order valence-electron chi connectivity index (χ0n) is 20.5. The van der Waals surface area contributed by atoms with Crippen molar-refractivity contribution in [3.05, 3.63) is 119 Å². The van der Waals surface area contributed by atoms with E-state index in [2.05, 4.69) is 120 Å². The number of nitrogens with zero attached hydrogens (tertiary/aromatic N) is 2. The Balaban J connectivity index is 0.00000126. The average molecular weight is 686 g/mol. The van der Waals surface area contributed by atoms with Crippen LogP contribution in [0.5, 0.6) is 0 Å². The molecule has 0 saturated heterocycles.